The van der Waals surface area contributed by atoms with Crippen molar-refractivity contribution in [3.8, 4) is 0 Å². The smallest absolute Gasteiger partial charge is 0.309 e. The van der Waals surface area contributed by atoms with Gasteiger partial charge in [0.25, 0.3) is 0 Å². The second kappa shape index (κ2) is 14.2. The number of pyridine rings is 1. The van der Waals surface area contributed by atoms with E-state index in [1.165, 1.54) is 0 Å². The summed E-state index contributed by atoms with van der Waals surface area (Å²) in [5.41, 5.74) is 3.23. The number of hydrogen-bond donors (Lipinski definition) is 0. The summed E-state index contributed by atoms with van der Waals surface area (Å²) in [5, 5.41) is 0.566. The number of esters is 1. The molecule has 0 saturated heterocycles. The molecule has 0 fully saturated rings. The van der Waals surface area contributed by atoms with Crippen molar-refractivity contribution in [3.63, 3.8) is 0 Å². The third kappa shape index (κ3) is 7.62. The second-order valence-corrected chi connectivity index (χ2v) is 12.0. The highest BCUT2D eigenvalue weighted by Gasteiger charge is 2.43. The summed E-state index contributed by atoms with van der Waals surface area (Å²) in [7, 11) is 0. The summed E-state index contributed by atoms with van der Waals surface area (Å²) >= 11 is 6.23. The maximum atomic E-state index is 14.1. The summed E-state index contributed by atoms with van der Waals surface area (Å²) in [5.74, 6) is -0.877. The maximum absolute atomic E-state index is 14.1. The number of ketones is 2. The van der Waals surface area contributed by atoms with Crippen LogP contribution in [0.2, 0.25) is 5.02 Å². The molecule has 0 bridgehead atoms. The molecule has 2 heterocycles. The van der Waals surface area contributed by atoms with Crippen molar-refractivity contribution in [3.05, 3.63) is 112 Å². The first-order valence-electron chi connectivity index (χ1n) is 14.8. The van der Waals surface area contributed by atoms with Crippen molar-refractivity contribution in [2.75, 3.05) is 6.61 Å². The van der Waals surface area contributed by atoms with Gasteiger partial charge in [-0.1, -0.05) is 55.3 Å². The number of nitrogens with zero attached hydrogens (tertiary/aromatic N) is 1. The highest BCUT2D eigenvalue weighted by Crippen LogP contribution is 2.33. The predicted molar refractivity (Wildman–Crippen MR) is 170 cm³/mol. The first kappa shape index (κ1) is 32.2. The number of fused-ring (bicyclic) bond motifs is 1. The van der Waals surface area contributed by atoms with E-state index in [1.807, 2.05) is 73.1 Å². The SMILES string of the molecule is CCCC(Cc1cc2cc(C(=O)C(C)(C)C(OCc3ccccc3)C(=O)c3ccc(Cl)c(C)c3)ccn2c1)C(=O)OCC. The molecular weight excluding hydrogens is 562 g/mol. The van der Waals surface area contributed by atoms with Crippen LogP contribution in [0, 0.1) is 18.3 Å². The minimum Gasteiger partial charge on any atom is -0.466 e. The van der Waals surface area contributed by atoms with Gasteiger partial charge in [0.1, 0.15) is 6.10 Å². The Balaban J connectivity index is 1.63. The van der Waals surface area contributed by atoms with E-state index in [0.29, 0.717) is 29.2 Å². The van der Waals surface area contributed by atoms with E-state index < -0.39 is 11.5 Å². The quantitative estimate of drug-likeness (QED) is 0.108. The Morgan fingerprint density at radius 3 is 2.35 bits per heavy atom. The molecule has 0 aliphatic rings. The minimum atomic E-state index is -1.19. The summed E-state index contributed by atoms with van der Waals surface area (Å²) in [6.07, 6.45) is 4.97. The average molecular weight is 602 g/mol. The van der Waals surface area contributed by atoms with Crippen LogP contribution in [0.1, 0.15) is 77.9 Å². The highest BCUT2D eigenvalue weighted by atomic mass is 35.5. The summed E-state index contributed by atoms with van der Waals surface area (Å²) in [6, 6.07) is 20.3. The Morgan fingerprint density at radius 1 is 0.930 bits per heavy atom. The zero-order valence-electron chi connectivity index (χ0n) is 25.6. The number of benzene rings is 2. The number of aryl methyl sites for hydroxylation is 1. The lowest BCUT2D eigenvalue weighted by Crippen LogP contribution is -2.44. The molecule has 7 heteroatoms. The van der Waals surface area contributed by atoms with Gasteiger partial charge < -0.3 is 13.9 Å². The Morgan fingerprint density at radius 2 is 1.67 bits per heavy atom. The van der Waals surface area contributed by atoms with Crippen LogP contribution >= 0.6 is 11.6 Å². The van der Waals surface area contributed by atoms with Crippen molar-refractivity contribution >= 4 is 34.7 Å². The molecule has 43 heavy (non-hydrogen) atoms. The molecule has 0 radical (unpaired) electrons. The fourth-order valence-corrected chi connectivity index (χ4v) is 5.54. The normalized spacial score (nSPS) is 13.1. The third-order valence-electron chi connectivity index (χ3n) is 7.84. The van der Waals surface area contributed by atoms with Crippen molar-refractivity contribution < 1.29 is 23.9 Å². The molecule has 4 rings (SSSR count). The number of carbonyl (C=O) groups excluding carboxylic acids is 3. The van der Waals surface area contributed by atoms with Gasteiger partial charge in [0, 0.05) is 34.1 Å². The maximum Gasteiger partial charge on any atom is 0.309 e. The molecule has 0 saturated carbocycles. The van der Waals surface area contributed by atoms with Crippen LogP contribution in [0.25, 0.3) is 5.52 Å². The van der Waals surface area contributed by atoms with Gasteiger partial charge >= 0.3 is 5.97 Å². The van der Waals surface area contributed by atoms with Gasteiger partial charge in [0.2, 0.25) is 0 Å². The zero-order chi connectivity index (χ0) is 31.1. The van der Waals surface area contributed by atoms with E-state index in [-0.39, 0.29) is 30.1 Å². The van der Waals surface area contributed by atoms with Crippen molar-refractivity contribution in [2.45, 2.75) is 66.6 Å². The van der Waals surface area contributed by atoms with Crippen LogP contribution in [0.3, 0.4) is 0 Å². The largest absolute Gasteiger partial charge is 0.466 e. The fourth-order valence-electron chi connectivity index (χ4n) is 5.42. The van der Waals surface area contributed by atoms with E-state index in [1.54, 1.807) is 38.1 Å². The summed E-state index contributed by atoms with van der Waals surface area (Å²) in [6.45, 7) is 9.76. The predicted octanol–water partition coefficient (Wildman–Crippen LogP) is 8.10. The molecule has 2 unspecified atom stereocenters. The molecule has 0 amide bonds. The third-order valence-corrected chi connectivity index (χ3v) is 8.26. The number of hydrogen-bond acceptors (Lipinski definition) is 5. The van der Waals surface area contributed by atoms with Gasteiger partial charge in [0.15, 0.2) is 11.6 Å². The van der Waals surface area contributed by atoms with E-state index >= 15 is 0 Å². The molecule has 0 spiro atoms. The molecule has 2 aromatic carbocycles. The van der Waals surface area contributed by atoms with Gasteiger partial charge in [-0.15, -0.1) is 0 Å². The number of ether oxygens (including phenoxy) is 2. The lowest BCUT2D eigenvalue weighted by molar-refractivity contribution is -0.148. The molecule has 4 aromatic rings. The fraction of sp³-hybridized carbons (Fsp3) is 0.361. The van der Waals surface area contributed by atoms with Crippen LogP contribution in [0.15, 0.2) is 79.1 Å². The lowest BCUT2D eigenvalue weighted by atomic mass is 9.76. The zero-order valence-corrected chi connectivity index (χ0v) is 26.3. The highest BCUT2D eigenvalue weighted by molar-refractivity contribution is 6.31. The standard InChI is InChI=1S/C36H40ClNO5/c1-6-11-29(35(41)42-7-2)19-26-20-30-21-28(16-17-38(30)22-26)33(40)36(4,5)34(43-23-25-12-9-8-10-13-25)32(39)27-14-15-31(37)24(3)18-27/h8-10,12-18,20-22,29,34H,6-7,11,19,23H2,1-5H3. The number of halogens is 1. The summed E-state index contributed by atoms with van der Waals surface area (Å²) in [4.78, 5) is 40.5. The molecular formula is C36H40ClNO5. The van der Waals surface area contributed by atoms with E-state index in [0.717, 1.165) is 35.0 Å². The number of carbonyl (C=O) groups is 3. The average Bonchev–Trinajstić information content (AvgIpc) is 3.40. The Kier molecular flexibility index (Phi) is 10.6. The van der Waals surface area contributed by atoms with Crippen molar-refractivity contribution in [2.24, 2.45) is 11.3 Å². The lowest BCUT2D eigenvalue weighted by Gasteiger charge is -2.32. The number of Topliss-reactive ketones (excluding diaryl/α,β-unsaturated/α-hetero) is 2. The first-order valence-corrected chi connectivity index (χ1v) is 15.2. The van der Waals surface area contributed by atoms with Crippen LogP contribution in [-0.2, 0) is 27.3 Å². The van der Waals surface area contributed by atoms with Gasteiger partial charge in [-0.05, 0) is 93.6 Å². The van der Waals surface area contributed by atoms with Gasteiger partial charge in [-0.3, -0.25) is 14.4 Å². The molecule has 6 nitrogen and oxygen atoms in total. The van der Waals surface area contributed by atoms with Gasteiger partial charge in [-0.25, -0.2) is 0 Å². The molecule has 0 aliphatic carbocycles. The van der Waals surface area contributed by atoms with Crippen LogP contribution < -0.4 is 0 Å². The molecule has 2 atom stereocenters. The van der Waals surface area contributed by atoms with Crippen molar-refractivity contribution in [1.82, 2.24) is 4.40 Å². The second-order valence-electron chi connectivity index (χ2n) is 11.6. The van der Waals surface area contributed by atoms with Crippen LogP contribution in [-0.4, -0.2) is 34.6 Å². The Labute approximate surface area is 259 Å². The van der Waals surface area contributed by atoms with E-state index in [9.17, 15) is 14.4 Å². The molecule has 0 aliphatic heterocycles. The van der Waals surface area contributed by atoms with Gasteiger partial charge in [0.05, 0.1) is 24.5 Å². The van der Waals surface area contributed by atoms with Crippen LogP contribution in [0.5, 0.6) is 0 Å². The first-order chi connectivity index (χ1) is 20.5. The molecule has 2 aromatic heterocycles. The number of rotatable bonds is 14. The molecule has 226 valence electrons. The van der Waals surface area contributed by atoms with E-state index in [4.69, 9.17) is 21.1 Å². The van der Waals surface area contributed by atoms with Crippen LogP contribution in [0.4, 0.5) is 0 Å². The van der Waals surface area contributed by atoms with E-state index in [2.05, 4.69) is 6.92 Å². The van der Waals surface area contributed by atoms with Crippen molar-refractivity contribution in [1.29, 1.82) is 0 Å². The Bertz CT molecular complexity index is 1590. The number of aromatic nitrogens is 1. The van der Waals surface area contributed by atoms with Gasteiger partial charge in [-0.2, -0.15) is 0 Å². The summed E-state index contributed by atoms with van der Waals surface area (Å²) < 4.78 is 13.5. The molecule has 0 N–H and O–H groups in total. The minimum absolute atomic E-state index is 0.181. The topological polar surface area (TPSA) is 74.1 Å². The Hall–Kier alpha value is -3.74. The monoisotopic (exact) mass is 601 g/mol.